The zero-order valence-corrected chi connectivity index (χ0v) is 28.0. The van der Waals surface area contributed by atoms with Gasteiger partial charge in [0, 0.05) is 69.8 Å². The minimum absolute atomic E-state index is 0.173. The Kier molecular flexibility index (Phi) is 10.1. The van der Waals surface area contributed by atoms with Gasteiger partial charge < -0.3 is 29.1 Å². The number of rotatable bonds is 7. The molecule has 2 aliphatic rings. The predicted molar refractivity (Wildman–Crippen MR) is 182 cm³/mol. The van der Waals surface area contributed by atoms with Crippen molar-refractivity contribution in [3.05, 3.63) is 71.9 Å². The quantitative estimate of drug-likeness (QED) is 0.338. The molecule has 2 fully saturated rings. The zero-order chi connectivity index (χ0) is 32.8. The molecule has 0 radical (unpaired) electrons. The molecule has 0 spiro atoms. The Morgan fingerprint density at radius 1 is 0.870 bits per heavy atom. The smallest absolute Gasteiger partial charge is 0.410 e. The lowest BCUT2D eigenvalue weighted by Crippen LogP contribution is -2.55. The number of piperazine rings is 2. The van der Waals surface area contributed by atoms with Crippen LogP contribution in [0.2, 0.25) is 0 Å². The predicted octanol–water partition coefficient (Wildman–Crippen LogP) is 5.60. The van der Waals surface area contributed by atoms with Crippen molar-refractivity contribution in [1.29, 1.82) is 0 Å². The van der Waals surface area contributed by atoms with Gasteiger partial charge >= 0.3 is 12.1 Å². The molecule has 0 unspecified atom stereocenters. The number of carbonyl (C=O) groups is 2. The molecule has 2 saturated heterocycles. The second-order valence-electron chi connectivity index (χ2n) is 12.6. The van der Waals surface area contributed by atoms with Crippen LogP contribution >= 0.6 is 0 Å². The highest BCUT2D eigenvalue weighted by Gasteiger charge is 2.30. The third-order valence-corrected chi connectivity index (χ3v) is 8.34. The van der Waals surface area contributed by atoms with Crippen molar-refractivity contribution >= 4 is 35.0 Å². The summed E-state index contributed by atoms with van der Waals surface area (Å²) in [6.45, 7) is 14.6. The van der Waals surface area contributed by atoms with E-state index in [0.717, 1.165) is 46.3 Å². The van der Waals surface area contributed by atoms with Gasteiger partial charge in [0.1, 0.15) is 17.0 Å². The fourth-order valence-electron chi connectivity index (χ4n) is 5.79. The fraction of sp³-hybridized carbons (Fsp3) is 0.457. The number of aromatic nitrogens is 1. The molecular weight excluding hydrogens is 582 g/mol. The number of benzene rings is 2. The van der Waals surface area contributed by atoms with Gasteiger partial charge in [-0.3, -0.25) is 0 Å². The lowest BCUT2D eigenvalue weighted by molar-refractivity contribution is 0.0240. The van der Waals surface area contributed by atoms with E-state index in [2.05, 4.69) is 34.3 Å². The first-order chi connectivity index (χ1) is 22.1. The van der Waals surface area contributed by atoms with Crippen LogP contribution in [-0.4, -0.2) is 92.0 Å². The number of carbonyl (C=O) groups excluding carboxylic acids is 2. The van der Waals surface area contributed by atoms with Crippen LogP contribution in [0.4, 0.5) is 32.5 Å². The maximum atomic E-state index is 13.9. The van der Waals surface area contributed by atoms with Crippen molar-refractivity contribution in [3.8, 4) is 5.75 Å². The highest BCUT2D eigenvalue weighted by molar-refractivity contribution is 5.83. The lowest BCUT2D eigenvalue weighted by atomic mass is 10.1. The molecule has 3 aromatic rings. The molecule has 0 aliphatic carbocycles. The standard InChI is InChI=1S/C35H47N7O4/c1-7-27-24-31(32(36-26(27)2)39-18-22-41(23-19-39)34(44)46-35(3,4)5)42(28-12-9-8-10-13-28)37-33(43)40-20-16-38(17-21-40)29-14-11-15-30(25-29)45-6/h8-15,24-25H,7,16-23H2,1-6H3,(H,37,43). The summed E-state index contributed by atoms with van der Waals surface area (Å²) < 4.78 is 11.0. The number of aryl methyl sites for hydroxylation is 2. The highest BCUT2D eigenvalue weighted by Crippen LogP contribution is 2.35. The molecule has 1 aromatic heterocycles. The number of nitrogens with zero attached hydrogens (tertiary/aromatic N) is 6. The summed E-state index contributed by atoms with van der Waals surface area (Å²) in [7, 11) is 1.67. The van der Waals surface area contributed by atoms with E-state index in [-0.39, 0.29) is 12.1 Å². The zero-order valence-electron chi connectivity index (χ0n) is 28.0. The van der Waals surface area contributed by atoms with Crippen molar-refractivity contribution in [2.24, 2.45) is 0 Å². The number of hydrazine groups is 1. The Labute approximate surface area is 272 Å². The maximum Gasteiger partial charge on any atom is 0.410 e. The van der Waals surface area contributed by atoms with E-state index >= 15 is 0 Å². The van der Waals surface area contributed by atoms with Crippen molar-refractivity contribution in [2.75, 3.05) is 74.3 Å². The minimum Gasteiger partial charge on any atom is -0.497 e. The number of anilines is 4. The molecule has 46 heavy (non-hydrogen) atoms. The molecule has 246 valence electrons. The van der Waals surface area contributed by atoms with E-state index in [1.54, 1.807) is 12.0 Å². The number of nitrogens with one attached hydrogen (secondary N) is 1. The van der Waals surface area contributed by atoms with Crippen LogP contribution in [-0.2, 0) is 11.2 Å². The number of methoxy groups -OCH3 is 1. The number of urea groups is 1. The van der Waals surface area contributed by atoms with E-state index in [0.29, 0.717) is 52.4 Å². The SMILES string of the molecule is CCc1cc(N(NC(=O)N2CCN(c3cccc(OC)c3)CC2)c2ccccc2)c(N2CCN(C(=O)OC(C)(C)C)CC2)nc1C. The maximum absolute atomic E-state index is 13.9. The first-order valence-electron chi connectivity index (χ1n) is 16.1. The molecule has 3 amide bonds. The largest absolute Gasteiger partial charge is 0.497 e. The number of hydrogen-bond donors (Lipinski definition) is 1. The Morgan fingerprint density at radius 3 is 2.15 bits per heavy atom. The summed E-state index contributed by atoms with van der Waals surface area (Å²) in [4.78, 5) is 39.8. The summed E-state index contributed by atoms with van der Waals surface area (Å²) in [6.07, 6.45) is 0.504. The van der Waals surface area contributed by atoms with E-state index < -0.39 is 5.60 Å². The van der Waals surface area contributed by atoms with Gasteiger partial charge in [-0.15, -0.1) is 0 Å². The molecule has 2 aliphatic heterocycles. The first kappa shape index (κ1) is 32.7. The Hall–Kier alpha value is -4.67. The Bertz CT molecular complexity index is 1490. The summed E-state index contributed by atoms with van der Waals surface area (Å²) >= 11 is 0. The van der Waals surface area contributed by atoms with Crippen LogP contribution < -0.4 is 25.0 Å². The van der Waals surface area contributed by atoms with Crippen molar-refractivity contribution in [2.45, 2.75) is 46.6 Å². The Morgan fingerprint density at radius 2 is 1.52 bits per heavy atom. The molecule has 3 heterocycles. The van der Waals surface area contributed by atoms with Crippen LogP contribution in [0.1, 0.15) is 39.0 Å². The van der Waals surface area contributed by atoms with Gasteiger partial charge in [-0.05, 0) is 70.0 Å². The molecular formula is C35H47N7O4. The van der Waals surface area contributed by atoms with E-state index in [4.69, 9.17) is 14.5 Å². The van der Waals surface area contributed by atoms with Crippen molar-refractivity contribution in [3.63, 3.8) is 0 Å². The normalized spacial score (nSPS) is 15.4. The summed E-state index contributed by atoms with van der Waals surface area (Å²) in [5, 5.41) is 1.86. The summed E-state index contributed by atoms with van der Waals surface area (Å²) in [6, 6.07) is 19.8. The molecule has 5 rings (SSSR count). The van der Waals surface area contributed by atoms with Gasteiger partial charge in [0.15, 0.2) is 5.82 Å². The Balaban J connectivity index is 1.37. The van der Waals surface area contributed by atoms with Crippen molar-refractivity contribution < 1.29 is 19.1 Å². The van der Waals surface area contributed by atoms with Crippen molar-refractivity contribution in [1.82, 2.24) is 20.2 Å². The van der Waals surface area contributed by atoms with Gasteiger partial charge in [-0.2, -0.15) is 0 Å². The average molecular weight is 630 g/mol. The minimum atomic E-state index is -0.549. The van der Waals surface area contributed by atoms with Crippen LogP contribution in [0.25, 0.3) is 0 Å². The monoisotopic (exact) mass is 629 g/mol. The van der Waals surface area contributed by atoms with Crippen LogP contribution in [0.3, 0.4) is 0 Å². The van der Waals surface area contributed by atoms with Crippen LogP contribution in [0, 0.1) is 6.92 Å². The second kappa shape index (κ2) is 14.2. The molecule has 1 N–H and O–H groups in total. The lowest BCUT2D eigenvalue weighted by Gasteiger charge is -2.39. The molecule has 2 aromatic carbocycles. The van der Waals surface area contributed by atoms with E-state index in [9.17, 15) is 9.59 Å². The number of ether oxygens (including phenoxy) is 2. The summed E-state index contributed by atoms with van der Waals surface area (Å²) in [5.41, 5.74) is 7.43. The first-order valence-corrected chi connectivity index (χ1v) is 16.1. The number of amides is 3. The van der Waals surface area contributed by atoms with Gasteiger partial charge in [-0.25, -0.2) is 25.0 Å². The second-order valence-corrected chi connectivity index (χ2v) is 12.6. The fourth-order valence-corrected chi connectivity index (χ4v) is 5.79. The van der Waals surface area contributed by atoms with Crippen LogP contribution in [0.5, 0.6) is 5.75 Å². The third kappa shape index (κ3) is 7.75. The topological polar surface area (TPSA) is 93.7 Å². The average Bonchev–Trinajstić information content (AvgIpc) is 3.07. The van der Waals surface area contributed by atoms with Gasteiger partial charge in [0.25, 0.3) is 0 Å². The molecule has 0 atom stereocenters. The number of pyridine rings is 1. The van der Waals surface area contributed by atoms with Gasteiger partial charge in [0.2, 0.25) is 0 Å². The number of para-hydroxylation sites is 1. The van der Waals surface area contributed by atoms with Gasteiger partial charge in [0.05, 0.1) is 12.8 Å². The van der Waals surface area contributed by atoms with Gasteiger partial charge in [-0.1, -0.05) is 31.2 Å². The van der Waals surface area contributed by atoms with E-state index in [1.165, 1.54) is 0 Å². The molecule has 11 nitrogen and oxygen atoms in total. The third-order valence-electron chi connectivity index (χ3n) is 8.34. The highest BCUT2D eigenvalue weighted by atomic mass is 16.6. The molecule has 11 heteroatoms. The van der Waals surface area contributed by atoms with E-state index in [1.807, 2.05) is 86.1 Å². The number of hydrogen-bond acceptors (Lipinski definition) is 8. The molecule has 0 saturated carbocycles. The molecule has 0 bridgehead atoms. The van der Waals surface area contributed by atoms with Crippen LogP contribution in [0.15, 0.2) is 60.7 Å². The summed E-state index contributed by atoms with van der Waals surface area (Å²) in [5.74, 6) is 1.59.